The van der Waals surface area contributed by atoms with E-state index >= 15 is 0 Å². The zero-order valence-corrected chi connectivity index (χ0v) is 13.2. The molecule has 1 aliphatic rings. The van der Waals surface area contributed by atoms with Crippen LogP contribution in [0.5, 0.6) is 0 Å². The Hall–Kier alpha value is -1.69. The molecule has 0 saturated heterocycles. The molecule has 0 fully saturated rings. The van der Waals surface area contributed by atoms with E-state index < -0.39 is 0 Å². The molecule has 0 aromatic carbocycles. The minimum atomic E-state index is 0.163. The van der Waals surface area contributed by atoms with Crippen LogP contribution in [0, 0.1) is 0 Å². The predicted octanol–water partition coefficient (Wildman–Crippen LogP) is 2.77. The van der Waals surface area contributed by atoms with Crippen LogP contribution in [0.3, 0.4) is 0 Å². The summed E-state index contributed by atoms with van der Waals surface area (Å²) in [6, 6.07) is 2.12. The fourth-order valence-corrected chi connectivity index (χ4v) is 3.33. The lowest BCUT2D eigenvalue weighted by molar-refractivity contribution is -0.132. The number of amides is 1. The second-order valence-corrected chi connectivity index (χ2v) is 6.64. The number of thiophene rings is 1. The van der Waals surface area contributed by atoms with Crippen LogP contribution >= 0.6 is 11.3 Å². The first-order valence-corrected chi connectivity index (χ1v) is 8.17. The highest BCUT2D eigenvalue weighted by Crippen LogP contribution is 2.24. The van der Waals surface area contributed by atoms with Crippen LogP contribution in [0.15, 0.2) is 16.0 Å². The summed E-state index contributed by atoms with van der Waals surface area (Å²) in [5, 5.41) is 6.02. The van der Waals surface area contributed by atoms with Gasteiger partial charge in [0, 0.05) is 36.7 Å². The number of hydrogen-bond donors (Lipinski definition) is 0. The van der Waals surface area contributed by atoms with Crippen molar-refractivity contribution in [3.05, 3.63) is 33.6 Å². The van der Waals surface area contributed by atoms with E-state index in [1.54, 1.807) is 11.3 Å². The van der Waals surface area contributed by atoms with Gasteiger partial charge >= 0.3 is 0 Å². The fraction of sp³-hybridized carbons (Fsp3) is 0.533. The topological polar surface area (TPSA) is 59.2 Å². The molecule has 0 aliphatic carbocycles. The van der Waals surface area contributed by atoms with Gasteiger partial charge in [0.15, 0.2) is 5.82 Å². The number of fused-ring (bicyclic) bond motifs is 1. The van der Waals surface area contributed by atoms with Crippen molar-refractivity contribution in [3.63, 3.8) is 0 Å². The van der Waals surface area contributed by atoms with E-state index in [1.165, 1.54) is 10.4 Å². The van der Waals surface area contributed by atoms with Gasteiger partial charge in [0.25, 0.3) is 0 Å². The molecule has 2 aromatic rings. The van der Waals surface area contributed by atoms with E-state index in [1.807, 2.05) is 18.7 Å². The molecule has 1 aliphatic heterocycles. The average Bonchev–Trinajstić information content (AvgIpc) is 3.12. The second-order valence-electron chi connectivity index (χ2n) is 5.64. The lowest BCUT2D eigenvalue weighted by atomic mass is 10.1. The van der Waals surface area contributed by atoms with Gasteiger partial charge in [0.2, 0.25) is 11.8 Å². The van der Waals surface area contributed by atoms with Crippen molar-refractivity contribution in [1.29, 1.82) is 0 Å². The minimum Gasteiger partial charge on any atom is -0.339 e. The van der Waals surface area contributed by atoms with E-state index in [0.29, 0.717) is 24.6 Å². The molecule has 21 heavy (non-hydrogen) atoms. The van der Waals surface area contributed by atoms with Gasteiger partial charge in [-0.3, -0.25) is 4.79 Å². The monoisotopic (exact) mass is 305 g/mol. The van der Waals surface area contributed by atoms with Crippen molar-refractivity contribution in [3.8, 4) is 0 Å². The summed E-state index contributed by atoms with van der Waals surface area (Å²) in [6.07, 6.45) is 1.92. The molecule has 0 bridgehead atoms. The molecular weight excluding hydrogens is 286 g/mol. The maximum atomic E-state index is 12.3. The van der Waals surface area contributed by atoms with E-state index in [9.17, 15) is 4.79 Å². The molecule has 0 N–H and O–H groups in total. The first-order valence-electron chi connectivity index (χ1n) is 7.29. The van der Waals surface area contributed by atoms with E-state index in [0.717, 1.165) is 19.5 Å². The Labute approximate surface area is 128 Å². The summed E-state index contributed by atoms with van der Waals surface area (Å²) in [7, 11) is 0. The number of nitrogens with zero attached hydrogens (tertiary/aromatic N) is 3. The summed E-state index contributed by atoms with van der Waals surface area (Å²) >= 11 is 1.78. The van der Waals surface area contributed by atoms with Crippen LogP contribution in [0.25, 0.3) is 0 Å². The van der Waals surface area contributed by atoms with Gasteiger partial charge in [0.05, 0.1) is 0 Å². The smallest absolute Gasteiger partial charge is 0.227 e. The van der Waals surface area contributed by atoms with Gasteiger partial charge in [-0.25, -0.2) is 0 Å². The van der Waals surface area contributed by atoms with Gasteiger partial charge in [-0.2, -0.15) is 4.98 Å². The molecule has 1 amide bonds. The molecule has 2 aromatic heterocycles. The number of carbonyl (C=O) groups is 1. The second kappa shape index (κ2) is 5.97. The van der Waals surface area contributed by atoms with Crippen LogP contribution in [0.2, 0.25) is 0 Å². The van der Waals surface area contributed by atoms with Crippen molar-refractivity contribution in [1.82, 2.24) is 15.0 Å². The summed E-state index contributed by atoms with van der Waals surface area (Å²) in [4.78, 5) is 19.9. The van der Waals surface area contributed by atoms with Gasteiger partial charge in [0.1, 0.15) is 0 Å². The lowest BCUT2D eigenvalue weighted by Gasteiger charge is -2.26. The van der Waals surface area contributed by atoms with E-state index in [-0.39, 0.29) is 11.8 Å². The maximum Gasteiger partial charge on any atom is 0.227 e. The number of hydrogen-bond acceptors (Lipinski definition) is 5. The standard InChI is InChI=1S/C15H19N3O2S/c1-10(2)15-16-13(20-17-15)3-4-14(19)18-7-5-12-11(9-18)6-8-21-12/h6,8,10H,3-5,7,9H2,1-2H3. The highest BCUT2D eigenvalue weighted by Gasteiger charge is 2.21. The Bertz CT molecular complexity index is 632. The van der Waals surface area contributed by atoms with Gasteiger partial charge < -0.3 is 9.42 Å². The number of aromatic nitrogens is 2. The highest BCUT2D eigenvalue weighted by atomic mass is 32.1. The van der Waals surface area contributed by atoms with Crippen molar-refractivity contribution < 1.29 is 9.32 Å². The fourth-order valence-electron chi connectivity index (χ4n) is 2.44. The Kier molecular flexibility index (Phi) is 4.05. The molecule has 5 nitrogen and oxygen atoms in total. The van der Waals surface area contributed by atoms with E-state index in [4.69, 9.17) is 4.52 Å². The summed E-state index contributed by atoms with van der Waals surface area (Å²) in [5.41, 5.74) is 1.29. The maximum absolute atomic E-state index is 12.3. The number of aryl methyl sites for hydroxylation is 1. The number of carbonyl (C=O) groups excluding carboxylic acids is 1. The van der Waals surface area contributed by atoms with E-state index in [2.05, 4.69) is 21.6 Å². The van der Waals surface area contributed by atoms with Crippen LogP contribution in [0.4, 0.5) is 0 Å². The van der Waals surface area contributed by atoms with Gasteiger partial charge in [-0.1, -0.05) is 19.0 Å². The van der Waals surface area contributed by atoms with Crippen molar-refractivity contribution in [2.45, 2.75) is 45.6 Å². The van der Waals surface area contributed by atoms with Crippen molar-refractivity contribution in [2.75, 3.05) is 6.54 Å². The van der Waals surface area contributed by atoms with Crippen LogP contribution < -0.4 is 0 Å². The van der Waals surface area contributed by atoms with Gasteiger partial charge in [-0.05, 0) is 23.4 Å². The molecule has 0 atom stereocenters. The first kappa shape index (κ1) is 14.3. The Morgan fingerprint density at radius 3 is 3.14 bits per heavy atom. The Morgan fingerprint density at radius 2 is 2.38 bits per heavy atom. The lowest BCUT2D eigenvalue weighted by Crippen LogP contribution is -2.35. The zero-order valence-electron chi connectivity index (χ0n) is 12.3. The molecule has 112 valence electrons. The summed E-state index contributed by atoms with van der Waals surface area (Å²) < 4.78 is 5.18. The van der Waals surface area contributed by atoms with Crippen LogP contribution in [0.1, 0.15) is 48.3 Å². The number of rotatable bonds is 4. The minimum absolute atomic E-state index is 0.163. The molecular formula is C15H19N3O2S. The molecule has 0 unspecified atom stereocenters. The molecule has 0 spiro atoms. The molecule has 6 heteroatoms. The average molecular weight is 305 g/mol. The third-order valence-electron chi connectivity index (χ3n) is 3.71. The zero-order chi connectivity index (χ0) is 14.8. The normalized spacial score (nSPS) is 14.5. The molecule has 3 rings (SSSR count). The third-order valence-corrected chi connectivity index (χ3v) is 4.74. The Balaban J connectivity index is 1.55. The molecule has 3 heterocycles. The SMILES string of the molecule is CC(C)c1noc(CCC(=O)N2CCc3sccc3C2)n1. The molecule has 0 radical (unpaired) electrons. The van der Waals surface area contributed by atoms with Crippen LogP contribution in [-0.2, 0) is 24.2 Å². The quantitative estimate of drug-likeness (QED) is 0.871. The van der Waals surface area contributed by atoms with Crippen LogP contribution in [-0.4, -0.2) is 27.5 Å². The van der Waals surface area contributed by atoms with Gasteiger partial charge in [-0.15, -0.1) is 11.3 Å². The first-order chi connectivity index (χ1) is 10.1. The van der Waals surface area contributed by atoms with Crippen molar-refractivity contribution >= 4 is 17.2 Å². The summed E-state index contributed by atoms with van der Waals surface area (Å²) in [6.45, 7) is 5.59. The highest BCUT2D eigenvalue weighted by molar-refractivity contribution is 7.10. The predicted molar refractivity (Wildman–Crippen MR) is 80.1 cm³/mol. The largest absolute Gasteiger partial charge is 0.339 e. The van der Waals surface area contributed by atoms with Crippen molar-refractivity contribution in [2.24, 2.45) is 0 Å². The Morgan fingerprint density at radius 1 is 1.52 bits per heavy atom. The molecule has 0 saturated carbocycles. The third kappa shape index (κ3) is 3.15. The summed E-state index contributed by atoms with van der Waals surface area (Å²) in [5.74, 6) is 1.67.